The van der Waals surface area contributed by atoms with Gasteiger partial charge in [-0.2, -0.15) is 26.3 Å². The van der Waals surface area contributed by atoms with Gasteiger partial charge in [-0.3, -0.25) is 0 Å². The molecule has 0 atom stereocenters. The predicted octanol–water partition coefficient (Wildman–Crippen LogP) is -0.413. The smallest absolute Gasteiger partial charge is 0.221 e. The van der Waals surface area contributed by atoms with Crippen LogP contribution in [0.25, 0.3) is 0 Å². The van der Waals surface area contributed by atoms with Crippen molar-refractivity contribution in [1.82, 2.24) is 0 Å². The minimum Gasteiger partial charge on any atom is -0.221 e. The monoisotopic (exact) mass is 354 g/mol. The van der Waals surface area contributed by atoms with Gasteiger partial charge in [0.15, 0.2) is 0 Å². The van der Waals surface area contributed by atoms with Crippen LogP contribution in [0.5, 0.6) is 0 Å². The quantitative estimate of drug-likeness (QED) is 0.454. The van der Waals surface area contributed by atoms with Crippen molar-refractivity contribution in [2.75, 3.05) is 0 Å². The van der Waals surface area contributed by atoms with E-state index in [2.05, 4.69) is 10.3 Å². The third-order valence-corrected chi connectivity index (χ3v) is 1.94. The molecule has 0 aromatic carbocycles. The van der Waals surface area contributed by atoms with Gasteiger partial charge in [-0.15, -0.1) is 0 Å². The molecule has 0 saturated carbocycles. The maximum Gasteiger partial charge on any atom is 0.511 e. The van der Waals surface area contributed by atoms with Gasteiger partial charge in [0.2, 0.25) is 0 Å². The Morgan fingerprint density at radius 1 is 0.647 bits per heavy atom. The van der Waals surface area contributed by atoms with Crippen molar-refractivity contribution in [1.29, 1.82) is 0 Å². The van der Waals surface area contributed by atoms with Crippen molar-refractivity contribution in [3.05, 3.63) is 0 Å². The number of sulfonamides is 2. The number of hydrogen-bond donors (Lipinski definition) is 2. The normalized spacial score (nSPS) is 13.2. The van der Waals surface area contributed by atoms with Gasteiger partial charge in [-0.1, -0.05) is 0 Å². The van der Waals surface area contributed by atoms with Crippen molar-refractivity contribution in [3.8, 4) is 0 Å². The molecular formula is C2H4F6FeN2O4S2. The van der Waals surface area contributed by atoms with Crippen LogP contribution in [0.3, 0.4) is 0 Å². The van der Waals surface area contributed by atoms with Crippen molar-refractivity contribution in [3.63, 3.8) is 0 Å². The van der Waals surface area contributed by atoms with E-state index in [0.717, 1.165) is 0 Å². The summed E-state index contributed by atoms with van der Waals surface area (Å²) in [5.74, 6) is 0. The first kappa shape index (κ1) is 22.1. The van der Waals surface area contributed by atoms with Crippen molar-refractivity contribution < 1.29 is 60.2 Å². The van der Waals surface area contributed by atoms with Gasteiger partial charge in [0.05, 0.1) is 0 Å². The second-order valence-electron chi connectivity index (χ2n) is 1.98. The van der Waals surface area contributed by atoms with Crippen LogP contribution in [-0.4, -0.2) is 27.9 Å². The second kappa shape index (κ2) is 6.19. The van der Waals surface area contributed by atoms with Gasteiger partial charge in [0.25, 0.3) is 0 Å². The molecule has 0 aliphatic carbocycles. The molecule has 0 fully saturated rings. The summed E-state index contributed by atoms with van der Waals surface area (Å²) in [4.78, 5) is 0. The second-order valence-corrected chi connectivity index (χ2v) is 5.09. The van der Waals surface area contributed by atoms with E-state index in [1.165, 1.54) is 0 Å². The molecule has 0 aliphatic rings. The molecule has 0 unspecified atom stereocenters. The zero-order chi connectivity index (χ0) is 14.0. The minimum absolute atomic E-state index is 0. The van der Waals surface area contributed by atoms with E-state index in [9.17, 15) is 43.2 Å². The van der Waals surface area contributed by atoms with Crippen LogP contribution < -0.4 is 10.3 Å². The van der Waals surface area contributed by atoms with Crippen molar-refractivity contribution in [2.24, 2.45) is 10.3 Å². The molecule has 15 heteroatoms. The van der Waals surface area contributed by atoms with Gasteiger partial charge in [-0.05, 0) is 0 Å². The van der Waals surface area contributed by atoms with Gasteiger partial charge in [-0.25, -0.2) is 27.1 Å². The summed E-state index contributed by atoms with van der Waals surface area (Å²) in [7, 11) is -10.7. The first-order valence-corrected chi connectivity index (χ1v) is 5.77. The molecule has 0 spiro atoms. The molecular weight excluding hydrogens is 350 g/mol. The fourth-order valence-electron chi connectivity index (χ4n) is 0. The Balaban J connectivity index is -0.000000218. The van der Waals surface area contributed by atoms with E-state index in [4.69, 9.17) is 0 Å². The maximum atomic E-state index is 10.8. The van der Waals surface area contributed by atoms with Gasteiger partial charge >= 0.3 is 31.1 Å². The number of alkyl halides is 6. The van der Waals surface area contributed by atoms with E-state index in [-0.39, 0.29) is 17.1 Å². The average molecular weight is 354 g/mol. The van der Waals surface area contributed by atoms with Crippen molar-refractivity contribution >= 4 is 20.0 Å². The molecule has 4 N–H and O–H groups in total. The maximum absolute atomic E-state index is 10.8. The van der Waals surface area contributed by atoms with Crippen LogP contribution in [-0.2, 0) is 37.1 Å². The zero-order valence-electron chi connectivity index (χ0n) is 7.23. The summed E-state index contributed by atoms with van der Waals surface area (Å²) in [6.45, 7) is 0. The summed E-state index contributed by atoms with van der Waals surface area (Å²) in [5, 5.41) is 7.32. The number of halogens is 6. The Labute approximate surface area is 102 Å². The minimum atomic E-state index is -5.34. The first-order valence-electron chi connectivity index (χ1n) is 2.68. The molecule has 0 radical (unpaired) electrons. The van der Waals surface area contributed by atoms with E-state index in [1.807, 2.05) is 0 Å². The largest absolute Gasteiger partial charge is 0.511 e. The van der Waals surface area contributed by atoms with Crippen LogP contribution in [0.1, 0.15) is 0 Å². The Bertz CT molecular complexity index is 380. The van der Waals surface area contributed by atoms with Crippen LogP contribution in [0.4, 0.5) is 26.3 Å². The molecule has 108 valence electrons. The Morgan fingerprint density at radius 3 is 0.706 bits per heavy atom. The molecule has 0 aliphatic heterocycles. The summed E-state index contributed by atoms with van der Waals surface area (Å²) in [6, 6.07) is 0. The molecule has 0 amide bonds. The molecule has 0 saturated heterocycles. The molecule has 6 nitrogen and oxygen atoms in total. The molecule has 0 aromatic heterocycles. The van der Waals surface area contributed by atoms with Gasteiger partial charge in [0, 0.05) is 17.1 Å². The molecule has 0 bridgehead atoms. The summed E-state index contributed by atoms with van der Waals surface area (Å²) >= 11 is 0. The number of rotatable bonds is 0. The number of nitrogens with two attached hydrogens (primary N) is 2. The molecule has 17 heavy (non-hydrogen) atoms. The van der Waals surface area contributed by atoms with Crippen LogP contribution in [0.15, 0.2) is 0 Å². The Hall–Kier alpha value is -0.0805. The number of hydrogen-bond acceptors (Lipinski definition) is 4. The van der Waals surface area contributed by atoms with Gasteiger partial charge in [0.1, 0.15) is 0 Å². The van der Waals surface area contributed by atoms with Crippen LogP contribution in [0, 0.1) is 0 Å². The Kier molecular flexibility index (Phi) is 8.06. The van der Waals surface area contributed by atoms with Crippen LogP contribution >= 0.6 is 0 Å². The predicted molar refractivity (Wildman–Crippen MR) is 38.3 cm³/mol. The first-order chi connectivity index (χ1) is 6.50. The van der Waals surface area contributed by atoms with E-state index in [1.54, 1.807) is 0 Å². The Morgan fingerprint density at radius 2 is 0.706 bits per heavy atom. The third kappa shape index (κ3) is 9.61. The molecule has 0 heterocycles. The SMILES string of the molecule is NS(=O)(=O)C(F)(F)F.NS(=O)(=O)C(F)(F)F.[Fe]. The third-order valence-electron chi connectivity index (χ3n) is 0.645. The summed E-state index contributed by atoms with van der Waals surface area (Å²) in [6.07, 6.45) is 0. The zero-order valence-corrected chi connectivity index (χ0v) is 9.96. The fourth-order valence-corrected chi connectivity index (χ4v) is 0. The molecule has 0 rings (SSSR count). The van der Waals surface area contributed by atoms with Gasteiger partial charge < -0.3 is 0 Å². The molecule has 0 aromatic rings. The average Bonchev–Trinajstić information content (AvgIpc) is 1.77. The summed E-state index contributed by atoms with van der Waals surface area (Å²) < 4.78 is 102. The van der Waals surface area contributed by atoms with E-state index in [0.29, 0.717) is 0 Å². The summed E-state index contributed by atoms with van der Waals surface area (Å²) in [5.41, 5.74) is -10.6. The van der Waals surface area contributed by atoms with E-state index >= 15 is 0 Å². The van der Waals surface area contributed by atoms with Crippen LogP contribution in [0.2, 0.25) is 0 Å². The van der Waals surface area contributed by atoms with Crippen molar-refractivity contribution in [2.45, 2.75) is 11.0 Å². The van der Waals surface area contributed by atoms with E-state index < -0.39 is 31.1 Å². The standard InChI is InChI=1S/2CH2F3NO2S.Fe/c2*2-1(3,4)8(5,6)7;/h2*(H2,5,6,7);. The number of primary sulfonamides is 2. The topological polar surface area (TPSA) is 120 Å². The fraction of sp³-hybridized carbons (Fsp3) is 1.00.